The molecular weight excluding hydrogens is 322 g/mol. The average molecular weight is 343 g/mol. The number of carbonyl (C=O) groups excluding carboxylic acids is 1. The van der Waals surface area contributed by atoms with Gasteiger partial charge in [-0.3, -0.25) is 9.78 Å². The van der Waals surface area contributed by atoms with Gasteiger partial charge >= 0.3 is 0 Å². The molecule has 2 atom stereocenters. The van der Waals surface area contributed by atoms with Gasteiger partial charge in [-0.05, 0) is 25.0 Å². The molecule has 1 amide bonds. The molecule has 1 saturated heterocycles. The van der Waals surface area contributed by atoms with Gasteiger partial charge in [0, 0.05) is 18.1 Å². The number of carbonyl (C=O) groups is 1. The van der Waals surface area contributed by atoms with Crippen molar-refractivity contribution in [2.45, 2.75) is 44.2 Å². The van der Waals surface area contributed by atoms with Crippen molar-refractivity contribution in [3.63, 3.8) is 0 Å². The molecular formula is C18H21N3O2S. The Hall–Kier alpha value is -1.79. The zero-order valence-electron chi connectivity index (χ0n) is 13.6. The van der Waals surface area contributed by atoms with Crippen molar-refractivity contribution in [3.05, 3.63) is 35.5 Å². The topological polar surface area (TPSA) is 55.3 Å². The number of thiazole rings is 1. The molecule has 1 aliphatic carbocycles. The van der Waals surface area contributed by atoms with Gasteiger partial charge in [-0.15, -0.1) is 11.3 Å². The minimum Gasteiger partial charge on any atom is -0.374 e. The third-order valence-corrected chi connectivity index (χ3v) is 5.73. The van der Waals surface area contributed by atoms with Crippen LogP contribution < -0.4 is 0 Å². The zero-order chi connectivity index (χ0) is 16.4. The van der Waals surface area contributed by atoms with E-state index in [9.17, 15) is 4.79 Å². The smallest absolute Gasteiger partial charge is 0.229 e. The fourth-order valence-electron chi connectivity index (χ4n) is 3.66. The van der Waals surface area contributed by atoms with Crippen LogP contribution in [0.2, 0.25) is 0 Å². The van der Waals surface area contributed by atoms with Gasteiger partial charge in [-0.25, -0.2) is 4.98 Å². The Balaban J connectivity index is 1.45. The first kappa shape index (κ1) is 15.7. The molecule has 6 heteroatoms. The van der Waals surface area contributed by atoms with Gasteiger partial charge in [0.15, 0.2) is 0 Å². The van der Waals surface area contributed by atoms with Gasteiger partial charge in [-0.2, -0.15) is 0 Å². The highest BCUT2D eigenvalue weighted by Gasteiger charge is 2.36. The third kappa shape index (κ3) is 3.21. The van der Waals surface area contributed by atoms with E-state index in [0.29, 0.717) is 19.6 Å². The van der Waals surface area contributed by atoms with Crippen molar-refractivity contribution < 1.29 is 9.53 Å². The summed E-state index contributed by atoms with van der Waals surface area (Å²) < 4.78 is 5.86. The zero-order valence-corrected chi connectivity index (χ0v) is 14.4. The van der Waals surface area contributed by atoms with E-state index in [2.05, 4.69) is 9.97 Å². The second-order valence-corrected chi connectivity index (χ2v) is 7.24. The molecule has 5 nitrogen and oxygen atoms in total. The number of pyridine rings is 1. The Kier molecular flexibility index (Phi) is 4.58. The third-order valence-electron chi connectivity index (χ3n) is 4.82. The maximum atomic E-state index is 12.8. The molecule has 0 aromatic carbocycles. The molecule has 2 aliphatic rings. The van der Waals surface area contributed by atoms with Crippen molar-refractivity contribution in [3.8, 4) is 10.7 Å². The summed E-state index contributed by atoms with van der Waals surface area (Å²) in [7, 11) is 0. The van der Waals surface area contributed by atoms with Crippen LogP contribution in [-0.4, -0.2) is 46.1 Å². The number of amides is 1. The second kappa shape index (κ2) is 6.99. The lowest BCUT2D eigenvalue weighted by Crippen LogP contribution is -2.55. The van der Waals surface area contributed by atoms with Crippen LogP contribution in [0, 0.1) is 0 Å². The van der Waals surface area contributed by atoms with Gasteiger partial charge in [-0.1, -0.05) is 18.9 Å². The molecule has 2 aromatic heterocycles. The Morgan fingerprint density at radius 3 is 3.12 bits per heavy atom. The highest BCUT2D eigenvalue weighted by molar-refractivity contribution is 7.13. The highest BCUT2D eigenvalue weighted by atomic mass is 32.1. The minimum atomic E-state index is 0.174. The molecule has 3 heterocycles. The lowest BCUT2D eigenvalue weighted by molar-refractivity contribution is -0.148. The van der Waals surface area contributed by atoms with Gasteiger partial charge in [0.25, 0.3) is 0 Å². The summed E-state index contributed by atoms with van der Waals surface area (Å²) >= 11 is 1.55. The SMILES string of the molecule is O=C(Cc1csc(-c2ccccn2)n1)N1CCO[C@@H]2CCCC[C@H]21. The molecule has 2 aromatic rings. The first-order valence-corrected chi connectivity index (χ1v) is 9.46. The lowest BCUT2D eigenvalue weighted by atomic mass is 9.90. The molecule has 126 valence electrons. The summed E-state index contributed by atoms with van der Waals surface area (Å²) in [5, 5.41) is 2.84. The van der Waals surface area contributed by atoms with Crippen LogP contribution in [-0.2, 0) is 16.0 Å². The number of hydrogen-bond donors (Lipinski definition) is 0. The van der Waals surface area contributed by atoms with Crippen molar-refractivity contribution in [1.29, 1.82) is 0 Å². The summed E-state index contributed by atoms with van der Waals surface area (Å²) in [6, 6.07) is 6.04. The van der Waals surface area contributed by atoms with E-state index in [1.54, 1.807) is 17.5 Å². The number of fused-ring (bicyclic) bond motifs is 1. The summed E-state index contributed by atoms with van der Waals surface area (Å²) in [6.07, 6.45) is 6.90. The minimum absolute atomic E-state index is 0.174. The second-order valence-electron chi connectivity index (χ2n) is 6.38. The lowest BCUT2D eigenvalue weighted by Gasteiger charge is -2.43. The van der Waals surface area contributed by atoms with Crippen molar-refractivity contribution in [2.75, 3.05) is 13.2 Å². The standard InChI is InChI=1S/C18H21N3O2S/c22-17(21-9-10-23-16-7-2-1-6-15(16)21)11-13-12-24-18(20-13)14-5-3-4-8-19-14/h3-5,8,12,15-16H,1-2,6-7,9-11H2/t15-,16-/m1/s1. The van der Waals surface area contributed by atoms with E-state index < -0.39 is 0 Å². The summed E-state index contributed by atoms with van der Waals surface area (Å²) in [5.41, 5.74) is 1.70. The van der Waals surface area contributed by atoms with Gasteiger partial charge in [0.1, 0.15) is 5.01 Å². The predicted molar refractivity (Wildman–Crippen MR) is 92.8 cm³/mol. The fourth-order valence-corrected chi connectivity index (χ4v) is 4.45. The summed E-state index contributed by atoms with van der Waals surface area (Å²) in [5.74, 6) is 0.174. The van der Waals surface area contributed by atoms with Gasteiger partial charge in [0.2, 0.25) is 5.91 Å². The monoisotopic (exact) mass is 343 g/mol. The Bertz CT molecular complexity index is 701. The average Bonchev–Trinajstić information content (AvgIpc) is 3.10. The van der Waals surface area contributed by atoms with Crippen LogP contribution in [0.5, 0.6) is 0 Å². The molecule has 0 spiro atoms. The van der Waals surface area contributed by atoms with Crippen LogP contribution in [0.1, 0.15) is 31.4 Å². The number of rotatable bonds is 3. The largest absolute Gasteiger partial charge is 0.374 e. The normalized spacial score (nSPS) is 23.8. The number of nitrogens with zero attached hydrogens (tertiary/aromatic N) is 3. The van der Waals surface area contributed by atoms with Crippen LogP contribution in [0.4, 0.5) is 0 Å². The van der Waals surface area contributed by atoms with Crippen LogP contribution in [0.25, 0.3) is 10.7 Å². The quantitative estimate of drug-likeness (QED) is 0.860. The highest BCUT2D eigenvalue weighted by Crippen LogP contribution is 2.29. The number of aromatic nitrogens is 2. The molecule has 0 unspecified atom stereocenters. The molecule has 0 bridgehead atoms. The number of ether oxygens (including phenoxy) is 1. The first-order valence-electron chi connectivity index (χ1n) is 8.58. The van der Waals surface area contributed by atoms with E-state index in [1.807, 2.05) is 28.5 Å². The van der Waals surface area contributed by atoms with Gasteiger partial charge < -0.3 is 9.64 Å². The van der Waals surface area contributed by atoms with Crippen LogP contribution >= 0.6 is 11.3 Å². The van der Waals surface area contributed by atoms with E-state index in [4.69, 9.17) is 4.74 Å². The van der Waals surface area contributed by atoms with E-state index in [1.165, 1.54) is 12.8 Å². The maximum absolute atomic E-state index is 12.8. The molecule has 0 radical (unpaired) electrons. The number of morpholine rings is 1. The summed E-state index contributed by atoms with van der Waals surface area (Å²) in [4.78, 5) is 23.7. The molecule has 1 saturated carbocycles. The molecule has 2 fully saturated rings. The molecule has 4 rings (SSSR count). The van der Waals surface area contributed by atoms with Crippen molar-refractivity contribution >= 4 is 17.2 Å². The first-order chi connectivity index (χ1) is 11.8. The Labute approximate surface area is 145 Å². The van der Waals surface area contributed by atoms with Crippen LogP contribution in [0.3, 0.4) is 0 Å². The van der Waals surface area contributed by atoms with E-state index >= 15 is 0 Å². The molecule has 24 heavy (non-hydrogen) atoms. The Morgan fingerprint density at radius 2 is 2.25 bits per heavy atom. The van der Waals surface area contributed by atoms with Crippen molar-refractivity contribution in [2.24, 2.45) is 0 Å². The van der Waals surface area contributed by atoms with Crippen LogP contribution in [0.15, 0.2) is 29.8 Å². The summed E-state index contributed by atoms with van der Waals surface area (Å²) in [6.45, 7) is 1.36. The Morgan fingerprint density at radius 1 is 1.33 bits per heavy atom. The van der Waals surface area contributed by atoms with E-state index in [0.717, 1.165) is 29.2 Å². The number of hydrogen-bond acceptors (Lipinski definition) is 5. The van der Waals surface area contributed by atoms with E-state index in [-0.39, 0.29) is 18.1 Å². The molecule has 0 N–H and O–H groups in total. The fraction of sp³-hybridized carbons (Fsp3) is 0.500. The molecule has 1 aliphatic heterocycles. The maximum Gasteiger partial charge on any atom is 0.229 e. The van der Waals surface area contributed by atoms with Crippen molar-refractivity contribution in [1.82, 2.24) is 14.9 Å². The van der Waals surface area contributed by atoms with Gasteiger partial charge in [0.05, 0.1) is 36.6 Å². The predicted octanol–water partition coefficient (Wildman–Crippen LogP) is 2.92.